The molecule has 3 rings (SSSR count). The normalized spacial score (nSPS) is 28.0. The number of carbonyl (C=O) groups is 1. The van der Waals surface area contributed by atoms with Gasteiger partial charge in [-0.25, -0.2) is 8.42 Å². The molecule has 120 valence electrons. The summed E-state index contributed by atoms with van der Waals surface area (Å²) in [5.41, 5.74) is 0.504. The van der Waals surface area contributed by atoms with Crippen LogP contribution in [-0.4, -0.2) is 42.8 Å². The van der Waals surface area contributed by atoms with E-state index >= 15 is 0 Å². The van der Waals surface area contributed by atoms with E-state index in [-0.39, 0.29) is 23.2 Å². The molecule has 0 aliphatic carbocycles. The van der Waals surface area contributed by atoms with E-state index in [9.17, 15) is 13.2 Å². The summed E-state index contributed by atoms with van der Waals surface area (Å²) in [5, 5.41) is 0.436. The predicted octanol–water partition coefficient (Wildman–Crippen LogP) is 3.17. The van der Waals surface area contributed by atoms with E-state index in [0.717, 1.165) is 12.8 Å². The molecule has 2 bridgehead atoms. The summed E-state index contributed by atoms with van der Waals surface area (Å²) in [7, 11) is -3.05. The van der Waals surface area contributed by atoms with Crippen molar-refractivity contribution in [2.75, 3.05) is 6.26 Å². The van der Waals surface area contributed by atoms with Crippen molar-refractivity contribution in [1.29, 1.82) is 0 Å². The molecule has 0 N–H and O–H groups in total. The van der Waals surface area contributed by atoms with Crippen molar-refractivity contribution in [2.45, 2.75) is 43.0 Å². The number of rotatable bonds is 2. The molecule has 2 aliphatic heterocycles. The second kappa shape index (κ2) is 5.69. The summed E-state index contributed by atoms with van der Waals surface area (Å²) in [6.07, 6.45) is 4.08. The zero-order valence-electron chi connectivity index (χ0n) is 12.1. The third-order valence-corrected chi connectivity index (χ3v) is 7.03. The summed E-state index contributed by atoms with van der Waals surface area (Å²) in [5.74, 6) is -0.0852. The molecule has 2 aliphatic rings. The molecule has 22 heavy (non-hydrogen) atoms. The lowest BCUT2D eigenvalue weighted by Gasteiger charge is -2.38. The molecule has 2 fully saturated rings. The highest BCUT2D eigenvalue weighted by molar-refractivity contribution is 7.91. The Labute approximate surface area is 140 Å². The van der Waals surface area contributed by atoms with E-state index < -0.39 is 9.84 Å². The van der Waals surface area contributed by atoms with Crippen LogP contribution in [-0.2, 0) is 9.84 Å². The van der Waals surface area contributed by atoms with Crippen molar-refractivity contribution in [3.8, 4) is 0 Å². The molecule has 0 radical (unpaired) electrons. The first kappa shape index (κ1) is 16.1. The predicted molar refractivity (Wildman–Crippen MR) is 87.3 cm³/mol. The van der Waals surface area contributed by atoms with Crippen molar-refractivity contribution in [2.24, 2.45) is 0 Å². The van der Waals surface area contributed by atoms with Crippen LogP contribution in [0.25, 0.3) is 0 Å². The Balaban J connectivity index is 1.84. The van der Waals surface area contributed by atoms with Gasteiger partial charge in [0.05, 0.1) is 15.3 Å². The number of benzene rings is 1. The third kappa shape index (κ3) is 2.86. The summed E-state index contributed by atoms with van der Waals surface area (Å²) < 4.78 is 23.6. The number of hydrogen-bond donors (Lipinski definition) is 0. The first-order valence-electron chi connectivity index (χ1n) is 7.24. The molecule has 1 aromatic carbocycles. The van der Waals surface area contributed by atoms with Gasteiger partial charge in [-0.1, -0.05) is 23.2 Å². The fourth-order valence-corrected chi connectivity index (χ4v) is 5.03. The molecule has 2 atom stereocenters. The topological polar surface area (TPSA) is 54.5 Å². The zero-order chi connectivity index (χ0) is 16.1. The number of amides is 1. The molecule has 4 nitrogen and oxygen atoms in total. The maximum Gasteiger partial charge on any atom is 0.254 e. The summed E-state index contributed by atoms with van der Waals surface area (Å²) in [4.78, 5) is 14.6. The van der Waals surface area contributed by atoms with Gasteiger partial charge in [-0.2, -0.15) is 0 Å². The van der Waals surface area contributed by atoms with Gasteiger partial charge in [-0.05, 0) is 43.9 Å². The molecule has 7 heteroatoms. The Morgan fingerprint density at radius 3 is 2.23 bits per heavy atom. The van der Waals surface area contributed by atoms with Crippen LogP contribution in [0.15, 0.2) is 18.2 Å². The first-order valence-corrected chi connectivity index (χ1v) is 9.95. The smallest absolute Gasteiger partial charge is 0.254 e. The number of carbonyl (C=O) groups excluding carboxylic acids is 1. The van der Waals surface area contributed by atoms with Gasteiger partial charge in [-0.3, -0.25) is 4.79 Å². The Kier molecular flexibility index (Phi) is 4.16. The van der Waals surface area contributed by atoms with Gasteiger partial charge in [0.15, 0.2) is 0 Å². The zero-order valence-corrected chi connectivity index (χ0v) is 14.5. The van der Waals surface area contributed by atoms with Crippen molar-refractivity contribution < 1.29 is 13.2 Å². The Hall–Kier alpha value is -0.780. The van der Waals surface area contributed by atoms with Crippen LogP contribution in [0.5, 0.6) is 0 Å². The van der Waals surface area contributed by atoms with Gasteiger partial charge in [0.25, 0.3) is 5.91 Å². The monoisotopic (exact) mass is 361 g/mol. The number of fused-ring (bicyclic) bond motifs is 2. The van der Waals surface area contributed by atoms with E-state index in [1.807, 2.05) is 4.90 Å². The SMILES string of the molecule is CS(=O)(=O)C1CC2CCC(C1)N2C(=O)c1ccc(Cl)c(Cl)c1. The minimum absolute atomic E-state index is 0.000397. The second-order valence-electron chi connectivity index (χ2n) is 6.15. The van der Waals surface area contributed by atoms with E-state index in [0.29, 0.717) is 28.5 Å². The molecule has 2 heterocycles. The fourth-order valence-electron chi connectivity index (χ4n) is 3.59. The molecule has 1 amide bonds. The molecule has 2 saturated heterocycles. The van der Waals surface area contributed by atoms with Crippen LogP contribution in [0.2, 0.25) is 10.0 Å². The van der Waals surface area contributed by atoms with E-state index in [4.69, 9.17) is 23.2 Å². The van der Waals surface area contributed by atoms with Gasteiger partial charge in [-0.15, -0.1) is 0 Å². The van der Waals surface area contributed by atoms with Crippen molar-refractivity contribution in [3.05, 3.63) is 33.8 Å². The van der Waals surface area contributed by atoms with Crippen molar-refractivity contribution >= 4 is 38.9 Å². The third-order valence-electron chi connectivity index (χ3n) is 4.70. The number of sulfone groups is 1. The van der Waals surface area contributed by atoms with Crippen molar-refractivity contribution in [1.82, 2.24) is 4.90 Å². The molecule has 0 aromatic heterocycles. The number of piperidine rings is 1. The lowest BCUT2D eigenvalue weighted by Crippen LogP contribution is -2.49. The lowest BCUT2D eigenvalue weighted by molar-refractivity contribution is 0.0598. The number of nitrogens with zero attached hydrogens (tertiary/aromatic N) is 1. The molecule has 2 unspecified atom stereocenters. The van der Waals surface area contributed by atoms with E-state index in [1.165, 1.54) is 6.26 Å². The largest absolute Gasteiger partial charge is 0.333 e. The van der Waals surface area contributed by atoms with Gasteiger partial charge < -0.3 is 4.90 Å². The average Bonchev–Trinajstić information content (AvgIpc) is 2.69. The number of hydrogen-bond acceptors (Lipinski definition) is 3. The quantitative estimate of drug-likeness (QED) is 0.812. The van der Waals surface area contributed by atoms with Crippen molar-refractivity contribution in [3.63, 3.8) is 0 Å². The van der Waals surface area contributed by atoms with Crippen LogP contribution in [0.3, 0.4) is 0 Å². The molecule has 1 aromatic rings. The molecular formula is C15H17Cl2NO3S. The Morgan fingerprint density at radius 2 is 1.73 bits per heavy atom. The minimum atomic E-state index is -3.05. The van der Waals surface area contributed by atoms with Crippen LogP contribution in [0.1, 0.15) is 36.0 Å². The Bertz CT molecular complexity index is 705. The fraction of sp³-hybridized carbons (Fsp3) is 0.533. The van der Waals surface area contributed by atoms with Gasteiger partial charge >= 0.3 is 0 Å². The molecular weight excluding hydrogens is 345 g/mol. The summed E-state index contributed by atoms with van der Waals surface area (Å²) in [6.45, 7) is 0. The minimum Gasteiger partial charge on any atom is -0.333 e. The van der Waals surface area contributed by atoms with Gasteiger partial charge in [0, 0.05) is 23.9 Å². The summed E-state index contributed by atoms with van der Waals surface area (Å²) >= 11 is 11.9. The highest BCUT2D eigenvalue weighted by Crippen LogP contribution is 2.39. The van der Waals surface area contributed by atoms with Crippen LogP contribution >= 0.6 is 23.2 Å². The van der Waals surface area contributed by atoms with E-state index in [1.54, 1.807) is 18.2 Å². The Morgan fingerprint density at radius 1 is 1.14 bits per heavy atom. The highest BCUT2D eigenvalue weighted by atomic mass is 35.5. The average molecular weight is 362 g/mol. The first-order chi connectivity index (χ1) is 10.3. The standard InChI is InChI=1S/C15H17Cl2NO3S/c1-22(20,21)12-7-10-3-4-11(8-12)18(10)15(19)9-2-5-13(16)14(17)6-9/h2,5-6,10-12H,3-4,7-8H2,1H3. The van der Waals surface area contributed by atoms with Crippen LogP contribution in [0, 0.1) is 0 Å². The van der Waals surface area contributed by atoms with Gasteiger partial charge in [0.2, 0.25) is 0 Å². The maximum atomic E-state index is 12.8. The maximum absolute atomic E-state index is 12.8. The lowest BCUT2D eigenvalue weighted by atomic mass is 10.0. The van der Waals surface area contributed by atoms with E-state index in [2.05, 4.69) is 0 Å². The van der Waals surface area contributed by atoms with Crippen LogP contribution < -0.4 is 0 Å². The second-order valence-corrected chi connectivity index (χ2v) is 9.29. The van der Waals surface area contributed by atoms with Crippen LogP contribution in [0.4, 0.5) is 0 Å². The highest BCUT2D eigenvalue weighted by Gasteiger charge is 2.46. The molecule has 0 saturated carbocycles. The molecule has 0 spiro atoms. The van der Waals surface area contributed by atoms with Gasteiger partial charge in [0.1, 0.15) is 9.84 Å². The number of halogens is 2. The summed E-state index contributed by atoms with van der Waals surface area (Å²) in [6, 6.07) is 4.86.